The van der Waals surface area contributed by atoms with Gasteiger partial charge in [-0.15, -0.1) is 24.0 Å². The molecule has 1 N–H and O–H groups in total. The Balaban J connectivity index is 0.00000261. The van der Waals surface area contributed by atoms with Crippen LogP contribution in [-0.4, -0.2) is 86.0 Å². The van der Waals surface area contributed by atoms with Crippen molar-refractivity contribution in [3.63, 3.8) is 0 Å². The molecule has 7 heteroatoms. The van der Waals surface area contributed by atoms with E-state index in [0.29, 0.717) is 5.92 Å². The molecule has 6 nitrogen and oxygen atoms in total. The first-order valence-corrected chi connectivity index (χ1v) is 9.66. The minimum absolute atomic E-state index is 0. The first-order valence-electron chi connectivity index (χ1n) is 9.66. The van der Waals surface area contributed by atoms with Gasteiger partial charge in [-0.05, 0) is 12.0 Å². The van der Waals surface area contributed by atoms with Crippen molar-refractivity contribution in [1.82, 2.24) is 20.0 Å². The highest BCUT2D eigenvalue weighted by Gasteiger charge is 2.26. The van der Waals surface area contributed by atoms with Crippen molar-refractivity contribution in [1.29, 1.82) is 0 Å². The zero-order chi connectivity index (χ0) is 18.4. The molecule has 1 unspecified atom stereocenters. The number of hydrogen-bond donors (Lipinski definition) is 1. The number of piperazine rings is 1. The highest BCUT2D eigenvalue weighted by molar-refractivity contribution is 14.0. The molecule has 0 aliphatic carbocycles. The molecule has 0 radical (unpaired) electrons. The largest absolute Gasteiger partial charge is 0.355 e. The van der Waals surface area contributed by atoms with Crippen molar-refractivity contribution in [2.24, 2.45) is 4.99 Å². The molecular weight excluding hydrogens is 453 g/mol. The fourth-order valence-electron chi connectivity index (χ4n) is 3.89. The van der Waals surface area contributed by atoms with Crippen molar-refractivity contribution < 1.29 is 4.79 Å². The Morgan fingerprint density at radius 2 is 1.81 bits per heavy atom. The van der Waals surface area contributed by atoms with Gasteiger partial charge in [0.05, 0.1) is 0 Å². The molecule has 1 aromatic carbocycles. The van der Waals surface area contributed by atoms with Crippen molar-refractivity contribution in [2.75, 3.05) is 59.4 Å². The summed E-state index contributed by atoms with van der Waals surface area (Å²) in [7, 11) is 1.86. The molecule has 1 amide bonds. The number of guanidine groups is 1. The molecule has 2 heterocycles. The Morgan fingerprint density at radius 1 is 1.11 bits per heavy atom. The van der Waals surface area contributed by atoms with Gasteiger partial charge >= 0.3 is 0 Å². The molecule has 1 atom stereocenters. The summed E-state index contributed by atoms with van der Waals surface area (Å²) in [5.74, 6) is 1.78. The van der Waals surface area contributed by atoms with Gasteiger partial charge in [0.2, 0.25) is 5.91 Å². The Kier molecular flexibility index (Phi) is 8.82. The van der Waals surface area contributed by atoms with Gasteiger partial charge < -0.3 is 15.1 Å². The number of aliphatic imine (C=N–C) groups is 1. The summed E-state index contributed by atoms with van der Waals surface area (Å²) < 4.78 is 0. The van der Waals surface area contributed by atoms with Crippen LogP contribution in [0, 0.1) is 0 Å². The van der Waals surface area contributed by atoms with E-state index in [-0.39, 0.29) is 29.9 Å². The number of nitrogens with one attached hydrogen (secondary N) is 1. The lowest BCUT2D eigenvalue weighted by atomic mass is 9.99. The van der Waals surface area contributed by atoms with E-state index in [2.05, 4.69) is 50.4 Å². The number of halogens is 1. The van der Waals surface area contributed by atoms with Crippen LogP contribution in [0.1, 0.15) is 24.8 Å². The first-order chi connectivity index (χ1) is 12.7. The fourth-order valence-corrected chi connectivity index (χ4v) is 3.89. The molecule has 2 aliphatic rings. The van der Waals surface area contributed by atoms with Gasteiger partial charge in [-0.3, -0.25) is 14.7 Å². The molecule has 0 saturated carbocycles. The predicted octanol–water partition coefficient (Wildman–Crippen LogP) is 1.83. The smallest absolute Gasteiger partial charge is 0.219 e. The average molecular weight is 485 g/mol. The van der Waals surface area contributed by atoms with Gasteiger partial charge in [0, 0.05) is 72.2 Å². The maximum atomic E-state index is 11.4. The zero-order valence-electron chi connectivity index (χ0n) is 16.4. The summed E-state index contributed by atoms with van der Waals surface area (Å²) in [6.07, 6.45) is 1.18. The Hall–Kier alpha value is -1.35. The molecule has 0 spiro atoms. The van der Waals surface area contributed by atoms with E-state index in [1.54, 1.807) is 6.92 Å². The van der Waals surface area contributed by atoms with E-state index in [1.807, 2.05) is 11.9 Å². The van der Waals surface area contributed by atoms with Crippen LogP contribution in [0.2, 0.25) is 0 Å². The van der Waals surface area contributed by atoms with Crippen LogP contribution in [0.25, 0.3) is 0 Å². The number of carbonyl (C=O) groups is 1. The maximum absolute atomic E-state index is 11.4. The normalized spacial score (nSPS) is 21.1. The second-order valence-corrected chi connectivity index (χ2v) is 7.16. The summed E-state index contributed by atoms with van der Waals surface area (Å²) in [6, 6.07) is 10.8. The molecule has 2 saturated heterocycles. The summed E-state index contributed by atoms with van der Waals surface area (Å²) in [5, 5.41) is 3.52. The summed E-state index contributed by atoms with van der Waals surface area (Å²) in [6.45, 7) is 9.21. The summed E-state index contributed by atoms with van der Waals surface area (Å²) in [4.78, 5) is 22.6. The molecule has 0 aromatic heterocycles. The summed E-state index contributed by atoms with van der Waals surface area (Å²) >= 11 is 0. The lowest BCUT2D eigenvalue weighted by molar-refractivity contribution is -0.130. The van der Waals surface area contributed by atoms with Crippen LogP contribution < -0.4 is 5.32 Å². The minimum atomic E-state index is 0. The number of likely N-dealkylation sites (tertiary alicyclic amines) is 1. The number of amides is 1. The van der Waals surface area contributed by atoms with Crippen molar-refractivity contribution in [3.05, 3.63) is 35.9 Å². The number of benzene rings is 1. The van der Waals surface area contributed by atoms with E-state index in [0.717, 1.165) is 58.3 Å². The predicted molar refractivity (Wildman–Crippen MR) is 121 cm³/mol. The van der Waals surface area contributed by atoms with Gasteiger partial charge in [0.25, 0.3) is 0 Å². The maximum Gasteiger partial charge on any atom is 0.219 e. The molecule has 150 valence electrons. The number of carbonyl (C=O) groups excluding carboxylic acids is 1. The highest BCUT2D eigenvalue weighted by atomic mass is 127. The van der Waals surface area contributed by atoms with Crippen LogP contribution in [0.5, 0.6) is 0 Å². The topological polar surface area (TPSA) is 51.2 Å². The number of rotatable bonds is 4. The molecule has 27 heavy (non-hydrogen) atoms. The van der Waals surface area contributed by atoms with E-state index in [9.17, 15) is 4.79 Å². The van der Waals surface area contributed by atoms with E-state index in [4.69, 9.17) is 0 Å². The Labute approximate surface area is 180 Å². The number of nitrogens with zero attached hydrogens (tertiary/aromatic N) is 4. The lowest BCUT2D eigenvalue weighted by Gasteiger charge is -2.34. The van der Waals surface area contributed by atoms with Crippen LogP contribution >= 0.6 is 24.0 Å². The quantitative estimate of drug-likeness (QED) is 0.402. The zero-order valence-corrected chi connectivity index (χ0v) is 18.8. The lowest BCUT2D eigenvalue weighted by Crippen LogP contribution is -2.50. The van der Waals surface area contributed by atoms with Gasteiger partial charge in [0.1, 0.15) is 0 Å². The molecule has 1 aromatic rings. The van der Waals surface area contributed by atoms with Crippen molar-refractivity contribution in [3.8, 4) is 0 Å². The van der Waals surface area contributed by atoms with Crippen LogP contribution in [0.15, 0.2) is 35.3 Å². The molecule has 3 rings (SSSR count). The molecule has 2 aliphatic heterocycles. The molecular formula is C20H32IN5O. The van der Waals surface area contributed by atoms with Crippen LogP contribution in [-0.2, 0) is 4.79 Å². The van der Waals surface area contributed by atoms with Gasteiger partial charge in [-0.2, -0.15) is 0 Å². The monoisotopic (exact) mass is 485 g/mol. The van der Waals surface area contributed by atoms with Crippen LogP contribution in [0.3, 0.4) is 0 Å². The Morgan fingerprint density at radius 3 is 2.44 bits per heavy atom. The van der Waals surface area contributed by atoms with E-state index >= 15 is 0 Å². The average Bonchev–Trinajstić information content (AvgIpc) is 3.16. The van der Waals surface area contributed by atoms with Gasteiger partial charge in [0.15, 0.2) is 5.96 Å². The number of hydrogen-bond acceptors (Lipinski definition) is 3. The third-order valence-corrected chi connectivity index (χ3v) is 5.50. The Bertz CT molecular complexity index is 616. The molecule has 0 bridgehead atoms. The fraction of sp³-hybridized carbons (Fsp3) is 0.600. The van der Waals surface area contributed by atoms with E-state index < -0.39 is 0 Å². The van der Waals surface area contributed by atoms with Gasteiger partial charge in [-0.25, -0.2) is 0 Å². The SMILES string of the molecule is CN=C(NCCN1CCN(C(C)=O)CC1)N1CCC(c2ccccc2)C1.I. The molecule has 2 fully saturated rings. The van der Waals surface area contributed by atoms with Crippen LogP contribution in [0.4, 0.5) is 0 Å². The van der Waals surface area contributed by atoms with E-state index in [1.165, 1.54) is 12.0 Å². The summed E-state index contributed by atoms with van der Waals surface area (Å²) in [5.41, 5.74) is 1.42. The van der Waals surface area contributed by atoms with Gasteiger partial charge in [-0.1, -0.05) is 30.3 Å². The highest BCUT2D eigenvalue weighted by Crippen LogP contribution is 2.26. The van der Waals surface area contributed by atoms with Crippen molar-refractivity contribution in [2.45, 2.75) is 19.3 Å². The minimum Gasteiger partial charge on any atom is -0.355 e. The van der Waals surface area contributed by atoms with Crippen molar-refractivity contribution >= 4 is 35.8 Å². The second-order valence-electron chi connectivity index (χ2n) is 7.16. The standard InChI is InChI=1S/C20H31N5O.HI/c1-17(26)24-14-12-23(13-15-24)11-9-22-20(21-2)25-10-8-19(16-25)18-6-4-3-5-7-18;/h3-7,19H,8-16H2,1-2H3,(H,21,22);1H. The third kappa shape index (κ3) is 6.07. The second kappa shape index (κ2) is 10.8. The third-order valence-electron chi connectivity index (χ3n) is 5.50. The first kappa shape index (κ1) is 21.9.